The molecule has 0 bridgehead atoms. The molecular formula is C30H39N5O4. The monoisotopic (exact) mass is 533 g/mol. The lowest BCUT2D eigenvalue weighted by atomic mass is 9.88. The fourth-order valence-corrected chi connectivity index (χ4v) is 5.82. The van der Waals surface area contributed by atoms with E-state index in [9.17, 15) is 9.59 Å². The first-order chi connectivity index (χ1) is 18.7. The summed E-state index contributed by atoms with van der Waals surface area (Å²) >= 11 is 0. The molecular weight excluding hydrogens is 494 g/mol. The van der Waals surface area contributed by atoms with E-state index in [1.165, 1.54) is 5.56 Å². The molecule has 0 radical (unpaired) electrons. The Balaban J connectivity index is 1.15. The van der Waals surface area contributed by atoms with Gasteiger partial charge in [0.05, 0.1) is 24.9 Å². The van der Waals surface area contributed by atoms with Crippen molar-refractivity contribution >= 4 is 17.8 Å². The number of fused-ring (bicyclic) bond motifs is 2. The number of amides is 2. The summed E-state index contributed by atoms with van der Waals surface area (Å²) in [5.41, 5.74) is 8.74. The van der Waals surface area contributed by atoms with Gasteiger partial charge in [-0.1, -0.05) is 18.6 Å². The van der Waals surface area contributed by atoms with Crippen LogP contribution in [0, 0.1) is 5.92 Å². The number of aliphatic imine (C=N–C) groups is 1. The second-order valence-electron chi connectivity index (χ2n) is 11.6. The molecule has 1 aromatic heterocycles. The van der Waals surface area contributed by atoms with Crippen LogP contribution in [0.25, 0.3) is 0 Å². The number of nitrogens with zero attached hydrogens (tertiary/aromatic N) is 2. The van der Waals surface area contributed by atoms with Crippen LogP contribution in [-0.2, 0) is 22.4 Å². The molecule has 1 aromatic carbocycles. The number of carbonyl (C=O) groups excluding carboxylic acids is 2. The van der Waals surface area contributed by atoms with Crippen molar-refractivity contribution < 1.29 is 19.1 Å². The Morgan fingerprint density at radius 1 is 1.18 bits per heavy atom. The Bertz CT molecular complexity index is 1240. The van der Waals surface area contributed by atoms with Gasteiger partial charge < -0.3 is 20.5 Å². The highest BCUT2D eigenvalue weighted by Crippen LogP contribution is 2.40. The number of carbonyl (C=O) groups is 2. The minimum atomic E-state index is -0.365. The van der Waals surface area contributed by atoms with Crippen LogP contribution in [-0.4, -0.2) is 41.0 Å². The Morgan fingerprint density at radius 2 is 2.05 bits per heavy atom. The van der Waals surface area contributed by atoms with E-state index in [0.29, 0.717) is 31.8 Å². The van der Waals surface area contributed by atoms with Gasteiger partial charge in [-0.2, -0.15) is 0 Å². The van der Waals surface area contributed by atoms with E-state index < -0.39 is 0 Å². The Kier molecular flexibility index (Phi) is 8.04. The third-order valence-electron chi connectivity index (χ3n) is 7.76. The molecule has 3 unspecified atom stereocenters. The van der Waals surface area contributed by atoms with Gasteiger partial charge in [-0.25, -0.2) is 4.99 Å². The topological polar surface area (TPSA) is 128 Å². The quantitative estimate of drug-likeness (QED) is 0.421. The van der Waals surface area contributed by atoms with Crippen LogP contribution in [0.1, 0.15) is 81.5 Å². The number of aryl methyl sites for hydroxylation is 1. The molecule has 9 nitrogen and oxygen atoms in total. The maximum absolute atomic E-state index is 13.1. The van der Waals surface area contributed by atoms with Gasteiger partial charge in [0.1, 0.15) is 17.1 Å². The highest BCUT2D eigenvalue weighted by molar-refractivity contribution is 5.98. The fraction of sp³-hybridized carbons (Fsp3) is 0.533. The van der Waals surface area contributed by atoms with Crippen molar-refractivity contribution in [2.75, 3.05) is 6.61 Å². The van der Waals surface area contributed by atoms with Gasteiger partial charge in [-0.3, -0.25) is 19.9 Å². The summed E-state index contributed by atoms with van der Waals surface area (Å²) in [6.45, 7) is 4.75. The molecule has 208 valence electrons. The Labute approximate surface area is 230 Å². The van der Waals surface area contributed by atoms with Gasteiger partial charge in [0, 0.05) is 31.0 Å². The summed E-state index contributed by atoms with van der Waals surface area (Å²) in [6, 6.07) is 8.19. The van der Waals surface area contributed by atoms with Crippen LogP contribution < -0.4 is 25.8 Å². The Hall–Kier alpha value is -3.62. The highest BCUT2D eigenvalue weighted by atomic mass is 16.5. The van der Waals surface area contributed by atoms with Gasteiger partial charge in [0.2, 0.25) is 11.8 Å². The standard InChI is InChI=1S/C30H39N5O4/c1-30(2)16-24(34-27(36)10-8-20-13-21-11-12-32-17-26(21)38-18-20)23-14-19(7-9-25(23)39-30)5-3-4-6-22-15-28(37)35-29(31)33-22/h7,9,11-12,14,17,20,22,24H,3-6,8,10,13,15-16,18H2,1-2H3,(H,34,36)(H3,31,33,35,37). The third kappa shape index (κ3) is 7.07. The van der Waals surface area contributed by atoms with Crippen LogP contribution >= 0.6 is 0 Å². The van der Waals surface area contributed by atoms with E-state index in [2.05, 4.69) is 46.6 Å². The van der Waals surface area contributed by atoms with Crippen molar-refractivity contribution in [3.05, 3.63) is 53.3 Å². The molecule has 4 heterocycles. The van der Waals surface area contributed by atoms with Crippen LogP contribution in [0.5, 0.6) is 11.5 Å². The highest BCUT2D eigenvalue weighted by Gasteiger charge is 2.35. The number of ether oxygens (including phenoxy) is 2. The van der Waals surface area contributed by atoms with Gasteiger partial charge >= 0.3 is 0 Å². The number of pyridine rings is 1. The van der Waals surface area contributed by atoms with Crippen LogP contribution in [0.15, 0.2) is 41.7 Å². The second kappa shape index (κ2) is 11.6. The van der Waals surface area contributed by atoms with Gasteiger partial charge in [0.15, 0.2) is 5.96 Å². The number of nitrogens with two attached hydrogens (primary N) is 1. The number of hydrogen-bond acceptors (Lipinski definition) is 7. The molecule has 2 amide bonds. The maximum Gasteiger partial charge on any atom is 0.228 e. The number of nitrogens with one attached hydrogen (secondary N) is 2. The smallest absolute Gasteiger partial charge is 0.228 e. The minimum Gasteiger partial charge on any atom is -0.491 e. The first-order valence-electron chi connectivity index (χ1n) is 14.0. The number of hydrogen-bond donors (Lipinski definition) is 3. The predicted molar refractivity (Wildman–Crippen MR) is 149 cm³/mol. The van der Waals surface area contributed by atoms with Crippen molar-refractivity contribution in [2.24, 2.45) is 16.6 Å². The number of guanidine groups is 1. The van der Waals surface area contributed by atoms with Crippen molar-refractivity contribution in [3.63, 3.8) is 0 Å². The molecule has 0 saturated carbocycles. The lowest BCUT2D eigenvalue weighted by molar-refractivity contribution is -0.123. The van der Waals surface area contributed by atoms with E-state index in [-0.39, 0.29) is 35.5 Å². The second-order valence-corrected chi connectivity index (χ2v) is 11.6. The van der Waals surface area contributed by atoms with Crippen molar-refractivity contribution in [3.8, 4) is 11.5 Å². The fourth-order valence-electron chi connectivity index (χ4n) is 5.82. The van der Waals surface area contributed by atoms with Crippen molar-refractivity contribution in [2.45, 2.75) is 89.3 Å². The molecule has 2 aromatic rings. The molecule has 3 atom stereocenters. The third-order valence-corrected chi connectivity index (χ3v) is 7.76. The summed E-state index contributed by atoms with van der Waals surface area (Å²) in [7, 11) is 0. The first kappa shape index (κ1) is 27.0. The molecule has 0 aliphatic carbocycles. The molecule has 39 heavy (non-hydrogen) atoms. The molecule has 4 N–H and O–H groups in total. The maximum atomic E-state index is 13.1. The van der Waals surface area contributed by atoms with Gasteiger partial charge in [-0.15, -0.1) is 0 Å². The number of aromatic nitrogens is 1. The lowest BCUT2D eigenvalue weighted by Gasteiger charge is -2.38. The zero-order valence-corrected chi connectivity index (χ0v) is 22.9. The van der Waals surface area contributed by atoms with E-state index >= 15 is 0 Å². The summed E-state index contributed by atoms with van der Waals surface area (Å²) in [6.07, 6.45) is 10.5. The first-order valence-corrected chi connectivity index (χ1v) is 14.0. The summed E-state index contributed by atoms with van der Waals surface area (Å²) < 4.78 is 12.1. The van der Waals surface area contributed by atoms with Crippen LogP contribution in [0.2, 0.25) is 0 Å². The average Bonchev–Trinajstić information content (AvgIpc) is 2.89. The van der Waals surface area contributed by atoms with E-state index in [0.717, 1.165) is 61.2 Å². The SMILES string of the molecule is CC1(C)CC(NC(=O)CCC2COc3cnccc3C2)c2cc(CCCCC3CC(=O)NC(N)=N3)ccc2O1. The number of unbranched alkanes of at least 4 members (excludes halogenated alkanes) is 1. The van der Waals surface area contributed by atoms with Crippen molar-refractivity contribution in [1.29, 1.82) is 0 Å². The lowest BCUT2D eigenvalue weighted by Crippen LogP contribution is -2.43. The number of benzene rings is 1. The minimum absolute atomic E-state index is 0.0376. The molecule has 0 fully saturated rings. The summed E-state index contributed by atoms with van der Waals surface area (Å²) in [5, 5.41) is 5.85. The molecule has 5 rings (SSSR count). The summed E-state index contributed by atoms with van der Waals surface area (Å²) in [5.74, 6) is 2.23. The molecule has 3 aliphatic heterocycles. The summed E-state index contributed by atoms with van der Waals surface area (Å²) in [4.78, 5) is 33.2. The Morgan fingerprint density at radius 3 is 2.90 bits per heavy atom. The van der Waals surface area contributed by atoms with E-state index in [1.54, 1.807) is 12.4 Å². The number of rotatable bonds is 9. The molecule has 0 saturated heterocycles. The zero-order chi connectivity index (χ0) is 27.4. The molecule has 9 heteroatoms. The van der Waals surface area contributed by atoms with Crippen molar-refractivity contribution in [1.82, 2.24) is 15.6 Å². The predicted octanol–water partition coefficient (Wildman–Crippen LogP) is 3.75. The van der Waals surface area contributed by atoms with Gasteiger partial charge in [-0.05, 0) is 75.1 Å². The average molecular weight is 534 g/mol. The van der Waals surface area contributed by atoms with Crippen LogP contribution in [0.4, 0.5) is 0 Å². The molecule has 0 spiro atoms. The van der Waals surface area contributed by atoms with Crippen LogP contribution in [0.3, 0.4) is 0 Å². The van der Waals surface area contributed by atoms with E-state index in [1.807, 2.05) is 12.1 Å². The van der Waals surface area contributed by atoms with Gasteiger partial charge in [0.25, 0.3) is 0 Å². The largest absolute Gasteiger partial charge is 0.491 e. The molecule has 3 aliphatic rings. The normalized spacial score (nSPS) is 23.3. The van der Waals surface area contributed by atoms with E-state index in [4.69, 9.17) is 15.2 Å². The zero-order valence-electron chi connectivity index (χ0n) is 22.9.